The highest BCUT2D eigenvalue weighted by Crippen LogP contribution is 2.22. The topological polar surface area (TPSA) is 68.0 Å². The van der Waals surface area contributed by atoms with E-state index in [1.54, 1.807) is 0 Å². The predicted octanol–water partition coefficient (Wildman–Crippen LogP) is 2.11. The number of hydrogen-bond acceptors (Lipinski definition) is 4. The molecule has 1 amide bonds. The first-order valence-electron chi connectivity index (χ1n) is 5.13. The summed E-state index contributed by atoms with van der Waals surface area (Å²) in [5.74, 6) is -0.00291. The summed E-state index contributed by atoms with van der Waals surface area (Å²) in [6.07, 6.45) is 2.09. The van der Waals surface area contributed by atoms with E-state index in [4.69, 9.17) is 5.73 Å². The average molecular weight is 264 g/mol. The lowest BCUT2D eigenvalue weighted by Gasteiger charge is -1.99. The fraction of sp³-hybridized carbons (Fsp3) is 0.600. The van der Waals surface area contributed by atoms with Crippen LogP contribution in [0.25, 0.3) is 0 Å². The molecule has 1 aromatic rings. The Kier molecular flexibility index (Phi) is 7.29. The van der Waals surface area contributed by atoms with E-state index < -0.39 is 0 Å². The summed E-state index contributed by atoms with van der Waals surface area (Å²) in [7, 11) is 0. The van der Waals surface area contributed by atoms with Gasteiger partial charge in [-0.1, -0.05) is 6.92 Å². The minimum atomic E-state index is -0.00291. The Bertz CT molecular complexity index is 341. The van der Waals surface area contributed by atoms with Crippen LogP contribution in [0.4, 0.5) is 5.13 Å². The lowest BCUT2D eigenvalue weighted by atomic mass is 10.3. The molecule has 0 unspecified atom stereocenters. The first-order chi connectivity index (χ1) is 7.17. The molecule has 0 fully saturated rings. The van der Waals surface area contributed by atoms with Crippen molar-refractivity contribution in [2.45, 2.75) is 33.1 Å². The quantitative estimate of drug-likeness (QED) is 0.855. The van der Waals surface area contributed by atoms with Gasteiger partial charge in [0, 0.05) is 11.3 Å². The number of nitrogens with zero attached hydrogens (tertiary/aromatic N) is 1. The van der Waals surface area contributed by atoms with E-state index in [9.17, 15) is 4.79 Å². The molecule has 16 heavy (non-hydrogen) atoms. The minimum Gasteiger partial charge on any atom is -0.330 e. The fourth-order valence-electron chi connectivity index (χ4n) is 1.25. The van der Waals surface area contributed by atoms with E-state index in [-0.39, 0.29) is 18.3 Å². The molecule has 0 atom stereocenters. The Labute approximate surface area is 106 Å². The highest BCUT2D eigenvalue weighted by atomic mass is 35.5. The molecule has 0 aliphatic rings. The maximum atomic E-state index is 11.4. The molecule has 1 rings (SSSR count). The monoisotopic (exact) mass is 263 g/mol. The van der Waals surface area contributed by atoms with Gasteiger partial charge < -0.3 is 11.1 Å². The third kappa shape index (κ3) is 4.47. The van der Waals surface area contributed by atoms with Crippen molar-refractivity contribution in [3.8, 4) is 0 Å². The summed E-state index contributed by atoms with van der Waals surface area (Å²) >= 11 is 1.53. The van der Waals surface area contributed by atoms with Gasteiger partial charge in [-0.25, -0.2) is 4.98 Å². The number of amides is 1. The number of aromatic nitrogens is 1. The van der Waals surface area contributed by atoms with Crippen LogP contribution in [0.3, 0.4) is 0 Å². The van der Waals surface area contributed by atoms with Crippen LogP contribution >= 0.6 is 23.7 Å². The highest BCUT2D eigenvalue weighted by Gasteiger charge is 2.08. The van der Waals surface area contributed by atoms with Crippen molar-refractivity contribution in [3.05, 3.63) is 10.6 Å². The molecule has 1 aromatic heterocycles. The number of aryl methyl sites for hydroxylation is 2. The SMILES string of the molecule is CCc1nc(NC(=O)CCCN)sc1C.Cl. The van der Waals surface area contributed by atoms with Crippen LogP contribution in [0.2, 0.25) is 0 Å². The summed E-state index contributed by atoms with van der Waals surface area (Å²) in [5, 5.41) is 3.49. The Hall–Kier alpha value is -0.650. The van der Waals surface area contributed by atoms with E-state index in [0.29, 0.717) is 18.1 Å². The van der Waals surface area contributed by atoms with Crippen LogP contribution in [-0.2, 0) is 11.2 Å². The van der Waals surface area contributed by atoms with Crippen molar-refractivity contribution in [2.75, 3.05) is 11.9 Å². The second-order valence-corrected chi connectivity index (χ2v) is 4.52. The molecule has 0 aliphatic heterocycles. The van der Waals surface area contributed by atoms with Crippen molar-refractivity contribution in [1.29, 1.82) is 0 Å². The first kappa shape index (κ1) is 15.3. The number of hydrogen-bond donors (Lipinski definition) is 2. The van der Waals surface area contributed by atoms with Gasteiger partial charge in [-0.2, -0.15) is 0 Å². The van der Waals surface area contributed by atoms with Gasteiger partial charge in [0.15, 0.2) is 5.13 Å². The molecule has 0 aliphatic carbocycles. The van der Waals surface area contributed by atoms with E-state index in [2.05, 4.69) is 17.2 Å². The summed E-state index contributed by atoms with van der Waals surface area (Å²) in [4.78, 5) is 16.9. The number of thiazole rings is 1. The molecule has 6 heteroatoms. The van der Waals surface area contributed by atoms with Gasteiger partial charge in [-0.15, -0.1) is 23.7 Å². The number of nitrogens with one attached hydrogen (secondary N) is 1. The molecule has 0 spiro atoms. The van der Waals surface area contributed by atoms with Crippen LogP contribution in [-0.4, -0.2) is 17.4 Å². The summed E-state index contributed by atoms with van der Waals surface area (Å²) in [6.45, 7) is 4.62. The van der Waals surface area contributed by atoms with Crippen molar-refractivity contribution < 1.29 is 4.79 Å². The average Bonchev–Trinajstić information content (AvgIpc) is 2.55. The summed E-state index contributed by atoms with van der Waals surface area (Å²) in [5.41, 5.74) is 6.39. The maximum absolute atomic E-state index is 11.4. The number of rotatable bonds is 5. The Morgan fingerprint density at radius 3 is 2.75 bits per heavy atom. The Balaban J connectivity index is 0.00000225. The van der Waals surface area contributed by atoms with Crippen LogP contribution in [0.15, 0.2) is 0 Å². The molecular weight excluding hydrogens is 246 g/mol. The van der Waals surface area contributed by atoms with Crippen molar-refractivity contribution >= 4 is 34.8 Å². The van der Waals surface area contributed by atoms with Gasteiger partial charge in [0.1, 0.15) is 0 Å². The van der Waals surface area contributed by atoms with Crippen LogP contribution in [0.5, 0.6) is 0 Å². The van der Waals surface area contributed by atoms with Crippen molar-refractivity contribution in [2.24, 2.45) is 5.73 Å². The second-order valence-electron chi connectivity index (χ2n) is 3.32. The van der Waals surface area contributed by atoms with Gasteiger partial charge in [0.05, 0.1) is 5.69 Å². The largest absolute Gasteiger partial charge is 0.330 e. The molecule has 4 nitrogen and oxygen atoms in total. The van der Waals surface area contributed by atoms with Gasteiger partial charge in [0.2, 0.25) is 5.91 Å². The standard InChI is InChI=1S/C10H17N3OS.ClH/c1-3-8-7(2)15-10(12-8)13-9(14)5-4-6-11;/h3-6,11H2,1-2H3,(H,12,13,14);1H. The molecule has 0 radical (unpaired) electrons. The normalized spacial score (nSPS) is 9.69. The molecule has 0 saturated heterocycles. The fourth-order valence-corrected chi connectivity index (χ4v) is 2.17. The van der Waals surface area contributed by atoms with E-state index in [1.807, 2.05) is 6.92 Å². The minimum absolute atomic E-state index is 0. The Morgan fingerprint density at radius 1 is 1.56 bits per heavy atom. The van der Waals surface area contributed by atoms with Gasteiger partial charge in [-0.3, -0.25) is 4.79 Å². The summed E-state index contributed by atoms with van der Waals surface area (Å²) < 4.78 is 0. The van der Waals surface area contributed by atoms with E-state index >= 15 is 0 Å². The second kappa shape index (κ2) is 7.60. The van der Waals surface area contributed by atoms with Crippen LogP contribution < -0.4 is 11.1 Å². The molecule has 0 saturated carbocycles. The summed E-state index contributed by atoms with van der Waals surface area (Å²) in [6, 6.07) is 0. The lowest BCUT2D eigenvalue weighted by molar-refractivity contribution is -0.116. The zero-order valence-corrected chi connectivity index (χ0v) is 11.2. The van der Waals surface area contributed by atoms with Gasteiger partial charge >= 0.3 is 0 Å². The van der Waals surface area contributed by atoms with Gasteiger partial charge in [0.25, 0.3) is 0 Å². The molecule has 92 valence electrons. The van der Waals surface area contributed by atoms with Gasteiger partial charge in [-0.05, 0) is 26.3 Å². The number of nitrogens with two attached hydrogens (primary N) is 1. The smallest absolute Gasteiger partial charge is 0.226 e. The zero-order chi connectivity index (χ0) is 11.3. The third-order valence-corrected chi connectivity index (χ3v) is 3.01. The van der Waals surface area contributed by atoms with E-state index in [0.717, 1.165) is 18.5 Å². The number of carbonyl (C=O) groups excluding carboxylic acids is 1. The van der Waals surface area contributed by atoms with Crippen LogP contribution in [0, 0.1) is 6.92 Å². The predicted molar refractivity (Wildman–Crippen MR) is 70.4 cm³/mol. The molecule has 0 bridgehead atoms. The molecule has 3 N–H and O–H groups in total. The Morgan fingerprint density at radius 2 is 2.25 bits per heavy atom. The molecule has 0 aromatic carbocycles. The molecule has 1 heterocycles. The first-order valence-corrected chi connectivity index (χ1v) is 5.95. The zero-order valence-electron chi connectivity index (χ0n) is 9.58. The van der Waals surface area contributed by atoms with Crippen molar-refractivity contribution in [1.82, 2.24) is 4.98 Å². The third-order valence-electron chi connectivity index (χ3n) is 2.08. The van der Waals surface area contributed by atoms with E-state index in [1.165, 1.54) is 16.2 Å². The number of anilines is 1. The lowest BCUT2D eigenvalue weighted by Crippen LogP contribution is -2.13. The van der Waals surface area contributed by atoms with Crippen molar-refractivity contribution in [3.63, 3.8) is 0 Å². The number of halogens is 1. The van der Waals surface area contributed by atoms with Crippen LogP contribution in [0.1, 0.15) is 30.3 Å². The number of carbonyl (C=O) groups is 1. The molecular formula is C10H18ClN3OS. The highest BCUT2D eigenvalue weighted by molar-refractivity contribution is 7.15. The maximum Gasteiger partial charge on any atom is 0.226 e.